The molecular formula is C32H40F3N3O4. The molecule has 0 bridgehead atoms. The molecule has 3 fully saturated rings. The maximum atomic E-state index is 14.6. The number of likely N-dealkylation sites (tertiary alicyclic amines) is 2. The Balaban J connectivity index is 1.35. The molecule has 2 amide bonds. The molecule has 3 saturated heterocycles. The van der Waals surface area contributed by atoms with Crippen molar-refractivity contribution in [1.82, 2.24) is 15.1 Å². The molecule has 2 atom stereocenters. The highest BCUT2D eigenvalue weighted by molar-refractivity contribution is 5.88. The summed E-state index contributed by atoms with van der Waals surface area (Å²) in [6.45, 7) is 4.17. The second-order valence-electron chi connectivity index (χ2n) is 11.7. The van der Waals surface area contributed by atoms with Gasteiger partial charge in [-0.15, -0.1) is 0 Å². The fourth-order valence-electron chi connectivity index (χ4n) is 7.05. The van der Waals surface area contributed by atoms with Crippen molar-refractivity contribution < 1.29 is 32.2 Å². The van der Waals surface area contributed by atoms with Gasteiger partial charge in [-0.2, -0.15) is 13.2 Å². The smallest absolute Gasteiger partial charge is 0.430 e. The molecular weight excluding hydrogens is 547 g/mol. The summed E-state index contributed by atoms with van der Waals surface area (Å²) in [5.74, 6) is -0.534. The molecule has 10 heteroatoms. The lowest BCUT2D eigenvalue weighted by atomic mass is 9.62. The summed E-state index contributed by atoms with van der Waals surface area (Å²) in [6.07, 6.45) is -0.243. The van der Waals surface area contributed by atoms with Crippen LogP contribution in [0.15, 0.2) is 54.6 Å². The second kappa shape index (κ2) is 12.6. The first-order valence-corrected chi connectivity index (χ1v) is 14.9. The van der Waals surface area contributed by atoms with Crippen LogP contribution >= 0.6 is 0 Å². The summed E-state index contributed by atoms with van der Waals surface area (Å²) in [7, 11) is 0.924. The molecule has 0 aliphatic carbocycles. The number of hydrogen-bond acceptors (Lipinski definition) is 5. The van der Waals surface area contributed by atoms with Crippen molar-refractivity contribution in [2.75, 3.05) is 53.0 Å². The summed E-state index contributed by atoms with van der Waals surface area (Å²) >= 11 is 0. The highest BCUT2D eigenvalue weighted by Crippen LogP contribution is 2.52. The molecule has 0 aromatic heterocycles. The summed E-state index contributed by atoms with van der Waals surface area (Å²) in [6, 6.07) is 14.9. The van der Waals surface area contributed by atoms with Crippen LogP contribution in [0.4, 0.5) is 13.2 Å². The summed E-state index contributed by atoms with van der Waals surface area (Å²) in [5.41, 5.74) is -2.87. The average molecular weight is 588 g/mol. The van der Waals surface area contributed by atoms with Crippen LogP contribution < -0.4 is 10.1 Å². The molecule has 1 spiro atoms. The van der Waals surface area contributed by atoms with E-state index in [4.69, 9.17) is 9.47 Å². The molecule has 0 saturated carbocycles. The quantitative estimate of drug-likeness (QED) is 0.478. The number of nitrogens with zero attached hydrogens (tertiary/aromatic N) is 2. The van der Waals surface area contributed by atoms with E-state index in [1.165, 1.54) is 48.4 Å². The first-order chi connectivity index (χ1) is 20.2. The Morgan fingerprint density at radius 1 is 0.976 bits per heavy atom. The van der Waals surface area contributed by atoms with Crippen LogP contribution in [0.3, 0.4) is 0 Å². The summed E-state index contributed by atoms with van der Waals surface area (Å²) in [4.78, 5) is 30.0. The van der Waals surface area contributed by atoms with E-state index in [-0.39, 0.29) is 36.9 Å². The molecule has 7 nitrogen and oxygen atoms in total. The number of ether oxygens (including phenoxy) is 2. The predicted molar refractivity (Wildman–Crippen MR) is 152 cm³/mol. The Kier molecular flexibility index (Phi) is 9.13. The monoisotopic (exact) mass is 587 g/mol. The third kappa shape index (κ3) is 5.88. The van der Waals surface area contributed by atoms with Gasteiger partial charge in [-0.3, -0.25) is 14.5 Å². The molecule has 2 aromatic carbocycles. The topological polar surface area (TPSA) is 71.1 Å². The summed E-state index contributed by atoms with van der Waals surface area (Å²) < 4.78 is 55.1. The molecule has 228 valence electrons. The number of amides is 2. The highest BCUT2D eigenvalue weighted by atomic mass is 19.4. The van der Waals surface area contributed by atoms with E-state index in [2.05, 4.69) is 10.2 Å². The van der Waals surface area contributed by atoms with E-state index >= 15 is 0 Å². The molecule has 0 radical (unpaired) electrons. The van der Waals surface area contributed by atoms with Gasteiger partial charge < -0.3 is 19.7 Å². The molecule has 2 aromatic rings. The van der Waals surface area contributed by atoms with Gasteiger partial charge in [0.1, 0.15) is 12.4 Å². The van der Waals surface area contributed by atoms with Gasteiger partial charge in [0.15, 0.2) is 0 Å². The maximum Gasteiger partial charge on any atom is 0.430 e. The largest absolute Gasteiger partial charge is 0.492 e. The van der Waals surface area contributed by atoms with Crippen molar-refractivity contribution in [3.8, 4) is 5.75 Å². The van der Waals surface area contributed by atoms with Crippen LogP contribution in [0.2, 0.25) is 0 Å². The van der Waals surface area contributed by atoms with Gasteiger partial charge in [-0.05, 0) is 55.8 Å². The SMILES string of the molecule is CO[C@@](C(=O)N1CCC2(CC1)CC(=O)NCC2c1ccccc1OCCN1CCCCC1)(c1ccccc1)C(F)(F)F. The number of carbonyl (C=O) groups excluding carboxylic acids is 2. The Morgan fingerprint density at radius 2 is 1.64 bits per heavy atom. The van der Waals surface area contributed by atoms with Crippen molar-refractivity contribution in [3.63, 3.8) is 0 Å². The lowest BCUT2D eigenvalue weighted by molar-refractivity contribution is -0.271. The number of halogens is 3. The third-order valence-corrected chi connectivity index (χ3v) is 9.40. The van der Waals surface area contributed by atoms with Gasteiger partial charge in [0.25, 0.3) is 11.5 Å². The van der Waals surface area contributed by atoms with E-state index in [9.17, 15) is 22.8 Å². The van der Waals surface area contributed by atoms with Crippen molar-refractivity contribution in [2.24, 2.45) is 5.41 Å². The number of alkyl halides is 3. The Bertz CT molecular complexity index is 1230. The van der Waals surface area contributed by atoms with Gasteiger partial charge in [-0.25, -0.2) is 0 Å². The zero-order valence-corrected chi connectivity index (χ0v) is 24.1. The first-order valence-electron chi connectivity index (χ1n) is 14.9. The number of benzene rings is 2. The Hall–Kier alpha value is -3.11. The number of methoxy groups -OCH3 is 1. The Morgan fingerprint density at radius 3 is 2.31 bits per heavy atom. The van der Waals surface area contributed by atoms with Crippen molar-refractivity contribution in [1.29, 1.82) is 0 Å². The van der Waals surface area contributed by atoms with Crippen molar-refractivity contribution >= 4 is 11.8 Å². The van der Waals surface area contributed by atoms with E-state index in [1.807, 2.05) is 24.3 Å². The van der Waals surface area contributed by atoms with Crippen LogP contribution in [0.5, 0.6) is 5.75 Å². The number of hydrogen-bond donors (Lipinski definition) is 1. The molecule has 3 aliphatic rings. The second-order valence-corrected chi connectivity index (χ2v) is 11.7. The minimum atomic E-state index is -4.97. The van der Waals surface area contributed by atoms with E-state index in [1.54, 1.807) is 6.07 Å². The molecule has 3 heterocycles. The number of rotatable bonds is 8. The molecule has 3 aliphatic heterocycles. The first kappa shape index (κ1) is 30.4. The lowest BCUT2D eigenvalue weighted by Gasteiger charge is -2.50. The molecule has 1 N–H and O–H groups in total. The van der Waals surface area contributed by atoms with Gasteiger partial charge in [0, 0.05) is 51.2 Å². The molecule has 1 unspecified atom stereocenters. The number of piperidine rings is 3. The minimum absolute atomic E-state index is 0.0830. The van der Waals surface area contributed by atoms with Gasteiger partial charge >= 0.3 is 6.18 Å². The van der Waals surface area contributed by atoms with Crippen LogP contribution in [0.25, 0.3) is 0 Å². The molecule has 42 heavy (non-hydrogen) atoms. The van der Waals surface area contributed by atoms with Crippen LogP contribution in [-0.4, -0.2) is 80.8 Å². The van der Waals surface area contributed by atoms with Crippen LogP contribution in [0, 0.1) is 5.41 Å². The van der Waals surface area contributed by atoms with E-state index in [0.29, 0.717) is 26.0 Å². The van der Waals surface area contributed by atoms with Crippen molar-refractivity contribution in [2.45, 2.75) is 56.2 Å². The third-order valence-electron chi connectivity index (χ3n) is 9.40. The highest BCUT2D eigenvalue weighted by Gasteiger charge is 2.64. The van der Waals surface area contributed by atoms with Gasteiger partial charge in [-0.1, -0.05) is 55.0 Å². The fraction of sp³-hybridized carbons (Fsp3) is 0.562. The average Bonchev–Trinajstić information content (AvgIpc) is 2.99. The van der Waals surface area contributed by atoms with Gasteiger partial charge in [0.05, 0.1) is 0 Å². The number of carbonyl (C=O) groups is 2. The van der Waals surface area contributed by atoms with Crippen LogP contribution in [0.1, 0.15) is 55.6 Å². The zero-order chi connectivity index (χ0) is 29.8. The van der Waals surface area contributed by atoms with Crippen molar-refractivity contribution in [3.05, 3.63) is 65.7 Å². The predicted octanol–water partition coefficient (Wildman–Crippen LogP) is 4.87. The standard InChI is InChI=1S/C32H40F3N3O4/c1-41-31(32(33,34)35,24-10-4-2-5-11-24)29(40)38-18-14-30(15-19-38)22-28(39)36-23-26(30)25-12-6-7-13-27(25)42-21-20-37-16-8-3-9-17-37/h2,4-7,10-13,26H,3,8-9,14-23H2,1H3,(H,36,39)/t26?,31-/m1/s1. The van der Waals surface area contributed by atoms with Gasteiger partial charge in [0.2, 0.25) is 5.91 Å². The number of nitrogens with one attached hydrogen (secondary N) is 1. The summed E-state index contributed by atoms with van der Waals surface area (Å²) in [5, 5.41) is 2.99. The fourth-order valence-corrected chi connectivity index (χ4v) is 7.05. The normalized spacial score (nSPS) is 22.8. The maximum absolute atomic E-state index is 14.6. The zero-order valence-electron chi connectivity index (χ0n) is 24.1. The molecule has 5 rings (SSSR count). The minimum Gasteiger partial charge on any atom is -0.492 e. The van der Waals surface area contributed by atoms with E-state index in [0.717, 1.165) is 38.1 Å². The van der Waals surface area contributed by atoms with E-state index < -0.39 is 23.1 Å². The van der Waals surface area contributed by atoms with Crippen LogP contribution in [-0.2, 0) is 19.9 Å². The number of para-hydroxylation sites is 1. The Labute approximate surface area is 245 Å². The lowest BCUT2D eigenvalue weighted by Crippen LogP contribution is -2.60.